The van der Waals surface area contributed by atoms with Gasteiger partial charge in [-0.1, -0.05) is 12.1 Å². The van der Waals surface area contributed by atoms with Gasteiger partial charge in [0.15, 0.2) is 6.10 Å². The number of carbonyl (C=O) groups is 3. The van der Waals surface area contributed by atoms with E-state index in [0.717, 1.165) is 0 Å². The summed E-state index contributed by atoms with van der Waals surface area (Å²) in [5, 5.41) is 4.44. The van der Waals surface area contributed by atoms with Gasteiger partial charge in [-0.05, 0) is 26.0 Å². The Bertz CT molecular complexity index is 603. The van der Waals surface area contributed by atoms with Crippen LogP contribution in [0, 0.1) is 0 Å². The molecule has 0 saturated heterocycles. The first-order chi connectivity index (χ1) is 10.4. The van der Waals surface area contributed by atoms with E-state index >= 15 is 0 Å². The highest BCUT2D eigenvalue weighted by atomic mass is 32.2. The zero-order valence-electron chi connectivity index (χ0n) is 12.5. The molecule has 0 saturated carbocycles. The molecule has 0 aromatic heterocycles. The second-order valence-corrected chi connectivity index (χ2v) is 5.69. The maximum absolute atomic E-state index is 12.1. The molecule has 2 atom stereocenters. The van der Waals surface area contributed by atoms with E-state index in [0.29, 0.717) is 11.4 Å². The van der Waals surface area contributed by atoms with Crippen LogP contribution >= 0.6 is 0 Å². The van der Waals surface area contributed by atoms with Crippen molar-refractivity contribution in [3.05, 3.63) is 29.8 Å². The minimum atomic E-state index is -1.36. The van der Waals surface area contributed by atoms with Crippen molar-refractivity contribution in [3.8, 4) is 0 Å². The van der Waals surface area contributed by atoms with Crippen LogP contribution in [-0.4, -0.2) is 41.0 Å². The van der Waals surface area contributed by atoms with Crippen LogP contribution in [0.15, 0.2) is 29.2 Å². The number of benzene rings is 1. The number of nitrogens with one attached hydrogen (secondary N) is 2. The molecule has 120 valence electrons. The molecule has 1 aromatic rings. The van der Waals surface area contributed by atoms with Gasteiger partial charge < -0.3 is 10.1 Å². The lowest BCUT2D eigenvalue weighted by molar-refractivity contribution is -0.127. The van der Waals surface area contributed by atoms with Gasteiger partial charge in [0.25, 0.3) is 5.91 Å². The second-order valence-electron chi connectivity index (χ2n) is 4.35. The summed E-state index contributed by atoms with van der Waals surface area (Å²) in [5.41, 5.74) is 0.126. The van der Waals surface area contributed by atoms with Crippen molar-refractivity contribution in [2.45, 2.75) is 24.8 Å². The van der Waals surface area contributed by atoms with Crippen molar-refractivity contribution in [1.29, 1.82) is 0 Å². The molecule has 0 unspecified atom stereocenters. The summed E-state index contributed by atoms with van der Waals surface area (Å²) < 4.78 is 16.6. The molecule has 3 amide bonds. The molecule has 1 aromatic carbocycles. The summed E-state index contributed by atoms with van der Waals surface area (Å²) >= 11 is 0. The van der Waals surface area contributed by atoms with E-state index in [4.69, 9.17) is 4.74 Å². The van der Waals surface area contributed by atoms with E-state index in [1.807, 2.05) is 5.32 Å². The van der Waals surface area contributed by atoms with Crippen molar-refractivity contribution in [3.63, 3.8) is 0 Å². The van der Waals surface area contributed by atoms with Crippen LogP contribution in [0.1, 0.15) is 24.2 Å². The van der Waals surface area contributed by atoms with Crippen molar-refractivity contribution in [2.75, 3.05) is 12.8 Å². The Labute approximate surface area is 130 Å². The Morgan fingerprint density at radius 2 is 1.91 bits per heavy atom. The number of hydrogen-bond donors (Lipinski definition) is 2. The van der Waals surface area contributed by atoms with Crippen molar-refractivity contribution < 1.29 is 23.3 Å². The number of carbonyl (C=O) groups excluding carboxylic acids is 3. The third-order valence-electron chi connectivity index (χ3n) is 2.64. The Morgan fingerprint density at radius 3 is 2.50 bits per heavy atom. The summed E-state index contributed by atoms with van der Waals surface area (Å²) in [6.45, 7) is 3.41. The van der Waals surface area contributed by atoms with E-state index in [2.05, 4.69) is 5.32 Å². The average molecular weight is 326 g/mol. The Morgan fingerprint density at radius 1 is 1.27 bits per heavy atom. The molecule has 2 N–H and O–H groups in total. The second kappa shape index (κ2) is 8.28. The average Bonchev–Trinajstić information content (AvgIpc) is 2.47. The molecule has 0 radical (unpaired) electrons. The molecular weight excluding hydrogens is 308 g/mol. The number of hydrogen-bond acceptors (Lipinski definition) is 5. The van der Waals surface area contributed by atoms with Gasteiger partial charge in [-0.2, -0.15) is 0 Å². The Hall–Kier alpha value is -2.22. The molecule has 8 heteroatoms. The molecule has 0 aliphatic rings. The molecule has 0 bridgehead atoms. The van der Waals surface area contributed by atoms with E-state index in [-0.39, 0.29) is 5.56 Å². The van der Waals surface area contributed by atoms with Gasteiger partial charge in [-0.3, -0.25) is 14.3 Å². The lowest BCUT2D eigenvalue weighted by Crippen LogP contribution is -2.44. The highest BCUT2D eigenvalue weighted by Crippen LogP contribution is 2.14. The summed E-state index contributed by atoms with van der Waals surface area (Å²) in [4.78, 5) is 35.3. The monoisotopic (exact) mass is 326 g/mol. The highest BCUT2D eigenvalue weighted by Gasteiger charge is 2.22. The van der Waals surface area contributed by atoms with Gasteiger partial charge >= 0.3 is 12.0 Å². The smallest absolute Gasteiger partial charge is 0.340 e. The molecule has 0 fully saturated rings. The molecule has 1 rings (SSSR count). The minimum Gasteiger partial charge on any atom is -0.449 e. The van der Waals surface area contributed by atoms with Gasteiger partial charge in [-0.25, -0.2) is 9.59 Å². The van der Waals surface area contributed by atoms with Crippen molar-refractivity contribution in [2.24, 2.45) is 0 Å². The third kappa shape index (κ3) is 4.96. The van der Waals surface area contributed by atoms with Crippen LogP contribution < -0.4 is 10.6 Å². The molecule has 0 heterocycles. The largest absolute Gasteiger partial charge is 0.449 e. The van der Waals surface area contributed by atoms with E-state index in [9.17, 15) is 18.6 Å². The third-order valence-corrected chi connectivity index (χ3v) is 3.62. The van der Waals surface area contributed by atoms with E-state index in [1.54, 1.807) is 25.1 Å². The van der Waals surface area contributed by atoms with Crippen LogP contribution in [-0.2, 0) is 20.3 Å². The molecule has 7 nitrogen and oxygen atoms in total. The zero-order valence-corrected chi connectivity index (χ0v) is 13.4. The maximum atomic E-state index is 12.1. The SMILES string of the molecule is CCNC(=O)NC(=O)[C@H](C)OC(=O)c1ccccc1[S@](C)=O. The van der Waals surface area contributed by atoms with E-state index < -0.39 is 34.8 Å². The summed E-state index contributed by atoms with van der Waals surface area (Å²) in [6, 6.07) is 5.61. The molecule has 0 spiro atoms. The molecule has 22 heavy (non-hydrogen) atoms. The van der Waals surface area contributed by atoms with Gasteiger partial charge in [0.05, 0.1) is 21.3 Å². The van der Waals surface area contributed by atoms with E-state index in [1.165, 1.54) is 19.2 Å². The lowest BCUT2D eigenvalue weighted by Gasteiger charge is -2.14. The Balaban J connectivity index is 2.74. The predicted octanol–water partition coefficient (Wildman–Crippen LogP) is 0.815. The summed E-state index contributed by atoms with van der Waals surface area (Å²) in [5.74, 6) is -1.52. The molecule has 0 aliphatic carbocycles. The normalized spacial score (nSPS) is 12.9. The predicted molar refractivity (Wildman–Crippen MR) is 80.9 cm³/mol. The van der Waals surface area contributed by atoms with Crippen LogP contribution in [0.3, 0.4) is 0 Å². The first-order valence-electron chi connectivity index (χ1n) is 6.59. The van der Waals surface area contributed by atoms with Gasteiger partial charge in [0.1, 0.15) is 0 Å². The fourth-order valence-electron chi connectivity index (χ4n) is 1.58. The fraction of sp³-hybridized carbons (Fsp3) is 0.357. The zero-order chi connectivity index (χ0) is 16.7. The molecular formula is C14H18N2O5S. The first-order valence-corrected chi connectivity index (χ1v) is 8.14. The quantitative estimate of drug-likeness (QED) is 0.780. The van der Waals surface area contributed by atoms with Crippen molar-refractivity contribution in [1.82, 2.24) is 10.6 Å². The van der Waals surface area contributed by atoms with Gasteiger partial charge in [-0.15, -0.1) is 0 Å². The van der Waals surface area contributed by atoms with Gasteiger partial charge in [0.2, 0.25) is 0 Å². The Kier molecular flexibility index (Phi) is 6.71. The number of urea groups is 1. The minimum absolute atomic E-state index is 0.126. The lowest BCUT2D eigenvalue weighted by atomic mass is 10.2. The standard InChI is InChI=1S/C14H18N2O5S/c1-4-15-14(19)16-12(17)9(2)21-13(18)10-7-5-6-8-11(10)22(3)20/h5-9H,4H2,1-3H3,(H2,15,16,17,19)/t9-,22-/m0/s1. The van der Waals surface area contributed by atoms with Crippen LogP contribution in [0.25, 0.3) is 0 Å². The molecule has 0 aliphatic heterocycles. The van der Waals surface area contributed by atoms with Crippen molar-refractivity contribution >= 4 is 28.7 Å². The number of esters is 1. The number of amides is 3. The van der Waals surface area contributed by atoms with Crippen LogP contribution in [0.2, 0.25) is 0 Å². The maximum Gasteiger partial charge on any atom is 0.340 e. The fourth-order valence-corrected chi connectivity index (χ4v) is 2.31. The highest BCUT2D eigenvalue weighted by molar-refractivity contribution is 7.84. The number of rotatable bonds is 5. The van der Waals surface area contributed by atoms with Crippen LogP contribution in [0.5, 0.6) is 0 Å². The summed E-state index contributed by atoms with van der Waals surface area (Å²) in [7, 11) is -1.36. The first kappa shape index (κ1) is 17.8. The number of imide groups is 1. The summed E-state index contributed by atoms with van der Waals surface area (Å²) in [6.07, 6.45) is 0.283. The van der Waals surface area contributed by atoms with Gasteiger partial charge in [0, 0.05) is 12.8 Å². The van der Waals surface area contributed by atoms with Crippen LogP contribution in [0.4, 0.5) is 4.79 Å². The topological polar surface area (TPSA) is 102 Å². The number of ether oxygens (including phenoxy) is 1.